The Balaban J connectivity index is 1.26. The number of nitrogens with zero attached hydrogens (tertiary/aromatic N) is 1. The lowest BCUT2D eigenvalue weighted by atomic mass is 9.38. The minimum atomic E-state index is -0.616. The van der Waals surface area contributed by atoms with Gasteiger partial charge < -0.3 is 10.1 Å². The van der Waals surface area contributed by atoms with Gasteiger partial charge in [0.05, 0.1) is 5.02 Å². The van der Waals surface area contributed by atoms with Crippen molar-refractivity contribution in [3.63, 3.8) is 0 Å². The summed E-state index contributed by atoms with van der Waals surface area (Å²) in [6.45, 7) is 1.47. The van der Waals surface area contributed by atoms with Crippen LogP contribution in [0.25, 0.3) is 0 Å². The molecule has 0 radical (unpaired) electrons. The molecule has 1 amide bonds. The molecule has 0 aliphatic heterocycles. The van der Waals surface area contributed by atoms with Crippen molar-refractivity contribution >= 4 is 23.3 Å². The van der Waals surface area contributed by atoms with Crippen LogP contribution in [-0.4, -0.2) is 28.8 Å². The van der Waals surface area contributed by atoms with Crippen molar-refractivity contribution in [2.75, 3.05) is 6.61 Å². The number of halogens is 3. The summed E-state index contributed by atoms with van der Waals surface area (Å²) in [6, 6.07) is 6.75. The maximum absolute atomic E-state index is 13.9. The molecule has 1 heterocycles. The highest BCUT2D eigenvalue weighted by atomic mass is 35.5. The quantitative estimate of drug-likeness (QED) is 0.687. The second-order valence-electron chi connectivity index (χ2n) is 8.11. The maximum Gasteiger partial charge on any atom is 0.258 e. The van der Waals surface area contributed by atoms with E-state index >= 15 is 0 Å². The first-order valence-corrected chi connectivity index (χ1v) is 9.62. The second-order valence-corrected chi connectivity index (χ2v) is 8.51. The van der Waals surface area contributed by atoms with Crippen LogP contribution in [0.2, 0.25) is 5.02 Å². The van der Waals surface area contributed by atoms with Gasteiger partial charge in [0.1, 0.15) is 17.3 Å². The van der Waals surface area contributed by atoms with E-state index in [2.05, 4.69) is 10.3 Å². The van der Waals surface area contributed by atoms with Gasteiger partial charge in [-0.1, -0.05) is 11.6 Å². The lowest BCUT2D eigenvalue weighted by molar-refractivity contribution is -0.164. The molecule has 0 saturated heterocycles. The topological polar surface area (TPSA) is 68.3 Å². The molecule has 0 atom stereocenters. The minimum absolute atomic E-state index is 0.0174. The number of hydrogen-bond acceptors (Lipinski definition) is 4. The number of ether oxygens (including phenoxy) is 1. The van der Waals surface area contributed by atoms with E-state index < -0.39 is 11.6 Å². The molecular formula is C21H19ClF2N2O3. The Bertz CT molecular complexity index is 992. The molecule has 2 aromatic rings. The smallest absolute Gasteiger partial charge is 0.258 e. The molecule has 3 fully saturated rings. The number of ketones is 1. The molecule has 2 bridgehead atoms. The first-order valence-electron chi connectivity index (χ1n) is 9.25. The van der Waals surface area contributed by atoms with E-state index in [1.54, 1.807) is 6.92 Å². The van der Waals surface area contributed by atoms with Gasteiger partial charge in [0.25, 0.3) is 5.91 Å². The maximum atomic E-state index is 13.9. The van der Waals surface area contributed by atoms with Gasteiger partial charge in [0.2, 0.25) is 0 Å². The fourth-order valence-corrected chi connectivity index (χ4v) is 4.64. The summed E-state index contributed by atoms with van der Waals surface area (Å²) in [4.78, 5) is 28.6. The van der Waals surface area contributed by atoms with Crippen LogP contribution in [0.15, 0.2) is 30.3 Å². The van der Waals surface area contributed by atoms with Crippen LogP contribution in [-0.2, 0) is 4.79 Å². The van der Waals surface area contributed by atoms with Gasteiger partial charge in [0.15, 0.2) is 18.2 Å². The number of carbonyl (C=O) groups excluding carboxylic acids is 2. The van der Waals surface area contributed by atoms with Gasteiger partial charge in [0, 0.05) is 23.7 Å². The van der Waals surface area contributed by atoms with Gasteiger partial charge in [-0.05, 0) is 55.9 Å². The third-order valence-corrected chi connectivity index (χ3v) is 5.90. The molecule has 0 spiro atoms. The van der Waals surface area contributed by atoms with Crippen molar-refractivity contribution in [1.82, 2.24) is 10.3 Å². The van der Waals surface area contributed by atoms with E-state index in [0.717, 1.165) is 6.07 Å². The highest BCUT2D eigenvalue weighted by molar-refractivity contribution is 6.30. The van der Waals surface area contributed by atoms with Crippen LogP contribution in [0.1, 0.15) is 41.9 Å². The third-order valence-electron chi connectivity index (χ3n) is 5.59. The molecule has 1 aromatic heterocycles. The first-order chi connectivity index (χ1) is 13.7. The van der Waals surface area contributed by atoms with Crippen LogP contribution in [0.3, 0.4) is 0 Å². The van der Waals surface area contributed by atoms with Gasteiger partial charge in [-0.15, -0.1) is 0 Å². The van der Waals surface area contributed by atoms with Gasteiger partial charge in [-0.2, -0.15) is 0 Å². The standard InChI is InChI=1S/C21H19ClF2N2O3/c1-12-2-5-15(23)19(25-12)17(27)7-20-9-21(10-20,11-20)26-18(28)8-29-13-3-4-14(22)16(24)6-13/h2-6H,7-11H2,1H3,(H,26,28). The number of carbonyl (C=O) groups is 2. The van der Waals surface area contributed by atoms with Crippen LogP contribution in [0.5, 0.6) is 5.75 Å². The Morgan fingerprint density at radius 1 is 1.17 bits per heavy atom. The Hall–Kier alpha value is -2.54. The number of rotatable bonds is 7. The summed E-state index contributed by atoms with van der Waals surface area (Å²) >= 11 is 5.61. The molecule has 3 aliphatic carbocycles. The number of benzene rings is 1. The molecule has 29 heavy (non-hydrogen) atoms. The van der Waals surface area contributed by atoms with Crippen molar-refractivity contribution < 1.29 is 23.1 Å². The first kappa shape index (κ1) is 19.8. The van der Waals surface area contributed by atoms with E-state index in [4.69, 9.17) is 16.3 Å². The van der Waals surface area contributed by atoms with Gasteiger partial charge >= 0.3 is 0 Å². The van der Waals surface area contributed by atoms with E-state index in [1.807, 2.05) is 0 Å². The highest BCUT2D eigenvalue weighted by Gasteiger charge is 2.68. The van der Waals surface area contributed by atoms with Crippen molar-refractivity contribution in [2.24, 2.45) is 5.41 Å². The SMILES string of the molecule is Cc1ccc(F)c(C(=O)CC23CC(NC(=O)COc4ccc(Cl)c(F)c4)(C2)C3)n1. The van der Waals surface area contributed by atoms with E-state index in [9.17, 15) is 18.4 Å². The monoisotopic (exact) mass is 420 g/mol. The average molecular weight is 421 g/mol. The molecular weight excluding hydrogens is 402 g/mol. The lowest BCUT2D eigenvalue weighted by Crippen LogP contribution is -2.75. The summed E-state index contributed by atoms with van der Waals surface area (Å²) in [7, 11) is 0. The Kier molecular flexibility index (Phi) is 4.81. The van der Waals surface area contributed by atoms with Crippen molar-refractivity contribution in [3.05, 3.63) is 58.4 Å². The molecule has 1 N–H and O–H groups in total. The van der Waals surface area contributed by atoms with Crippen molar-refractivity contribution in [1.29, 1.82) is 0 Å². The summed E-state index contributed by atoms with van der Waals surface area (Å²) < 4.78 is 32.5. The lowest BCUT2D eigenvalue weighted by Gasteiger charge is -2.70. The fraction of sp³-hybridized carbons (Fsp3) is 0.381. The predicted molar refractivity (Wildman–Crippen MR) is 102 cm³/mol. The predicted octanol–water partition coefficient (Wildman–Crippen LogP) is 4.01. The zero-order chi connectivity index (χ0) is 20.8. The fourth-order valence-electron chi connectivity index (χ4n) is 4.53. The average Bonchev–Trinajstić information content (AvgIpc) is 2.61. The molecule has 3 saturated carbocycles. The Morgan fingerprint density at radius 3 is 2.59 bits per heavy atom. The molecule has 5 nitrogen and oxygen atoms in total. The minimum Gasteiger partial charge on any atom is -0.484 e. The number of aryl methyl sites for hydroxylation is 1. The molecule has 8 heteroatoms. The number of pyridine rings is 1. The number of nitrogens with one attached hydrogen (secondary N) is 1. The van der Waals surface area contributed by atoms with E-state index in [-0.39, 0.29) is 52.1 Å². The molecule has 0 unspecified atom stereocenters. The summed E-state index contributed by atoms with van der Waals surface area (Å²) in [5, 5.41) is 2.91. The van der Waals surface area contributed by atoms with Crippen molar-refractivity contribution in [2.45, 2.75) is 38.1 Å². The zero-order valence-corrected chi connectivity index (χ0v) is 16.5. The van der Waals surface area contributed by atoms with Crippen LogP contribution < -0.4 is 10.1 Å². The van der Waals surface area contributed by atoms with E-state index in [0.29, 0.717) is 25.0 Å². The van der Waals surface area contributed by atoms with Crippen LogP contribution in [0.4, 0.5) is 8.78 Å². The number of amides is 1. The summed E-state index contributed by atoms with van der Waals surface area (Å²) in [5.74, 6) is -1.62. The Morgan fingerprint density at radius 2 is 1.90 bits per heavy atom. The molecule has 5 rings (SSSR count). The third kappa shape index (κ3) is 3.83. The largest absolute Gasteiger partial charge is 0.484 e. The summed E-state index contributed by atoms with van der Waals surface area (Å²) in [6.07, 6.45) is 2.22. The Labute approximate surface area is 171 Å². The van der Waals surface area contributed by atoms with E-state index in [1.165, 1.54) is 24.3 Å². The van der Waals surface area contributed by atoms with Gasteiger partial charge in [-0.25, -0.2) is 13.8 Å². The van der Waals surface area contributed by atoms with Crippen molar-refractivity contribution in [3.8, 4) is 5.75 Å². The second kappa shape index (κ2) is 7.06. The van der Waals surface area contributed by atoms with Gasteiger partial charge in [-0.3, -0.25) is 9.59 Å². The summed E-state index contributed by atoms with van der Waals surface area (Å²) in [5.41, 5.74) is -0.0412. The number of Topliss-reactive ketones (excluding diaryl/α,β-unsaturated/α-hetero) is 1. The number of aromatic nitrogens is 1. The van der Waals surface area contributed by atoms with Crippen LogP contribution in [0, 0.1) is 24.0 Å². The molecule has 3 aliphatic rings. The molecule has 1 aromatic carbocycles. The zero-order valence-electron chi connectivity index (χ0n) is 15.7. The van der Waals surface area contributed by atoms with Crippen LogP contribution >= 0.6 is 11.6 Å². The highest BCUT2D eigenvalue weighted by Crippen LogP contribution is 2.69. The number of hydrogen-bond donors (Lipinski definition) is 1. The normalized spacial score (nSPS) is 24.3. The molecule has 152 valence electrons.